The number of benzene rings is 1. The number of fused-ring (bicyclic) bond motifs is 1. The van der Waals surface area contributed by atoms with Crippen molar-refractivity contribution in [3.05, 3.63) is 82.2 Å². The molecule has 130 valence electrons. The van der Waals surface area contributed by atoms with Gasteiger partial charge in [-0.25, -0.2) is 18.6 Å². The Kier molecular flexibility index (Phi) is 3.84. The maximum atomic E-state index is 13.5. The summed E-state index contributed by atoms with van der Waals surface area (Å²) >= 11 is 0. The monoisotopic (exact) mass is 352 g/mol. The Labute approximate surface area is 147 Å². The van der Waals surface area contributed by atoms with Gasteiger partial charge in [-0.15, -0.1) is 0 Å². The van der Waals surface area contributed by atoms with Crippen LogP contribution in [-0.4, -0.2) is 19.5 Å². The van der Waals surface area contributed by atoms with Crippen LogP contribution < -0.4 is 5.69 Å². The summed E-state index contributed by atoms with van der Waals surface area (Å²) in [5.74, 6) is -1.84. The van der Waals surface area contributed by atoms with E-state index in [1.807, 2.05) is 13.0 Å². The van der Waals surface area contributed by atoms with Gasteiger partial charge in [0.1, 0.15) is 0 Å². The van der Waals surface area contributed by atoms with E-state index in [1.54, 1.807) is 23.0 Å². The molecule has 1 N–H and O–H groups in total. The summed E-state index contributed by atoms with van der Waals surface area (Å²) in [5, 5.41) is 0. The smallest absolute Gasteiger partial charge is 0.290 e. The second kappa shape index (κ2) is 6.18. The van der Waals surface area contributed by atoms with Crippen LogP contribution in [0.3, 0.4) is 0 Å². The van der Waals surface area contributed by atoms with Crippen LogP contribution >= 0.6 is 0 Å². The molecule has 4 rings (SSSR count). The van der Waals surface area contributed by atoms with Crippen LogP contribution in [0.2, 0.25) is 0 Å². The molecule has 0 aliphatic heterocycles. The van der Waals surface area contributed by atoms with Crippen molar-refractivity contribution in [1.82, 2.24) is 19.5 Å². The number of hydrogen-bond donors (Lipinski definition) is 1. The second-order valence-electron chi connectivity index (χ2n) is 6.04. The van der Waals surface area contributed by atoms with E-state index in [1.165, 1.54) is 12.3 Å². The molecule has 0 aliphatic rings. The number of imidazole rings is 1. The Balaban J connectivity index is 1.84. The Bertz CT molecular complexity index is 1180. The standard InChI is InChI=1S/C19H14F2N4O/c1-11-4-5-22-8-14(11)10-25-17-7-13(9-23-18(17)24-19(25)26)12-2-3-15(20)16(21)6-12/h2-9H,10H2,1H3,(H,23,24,26). The van der Waals surface area contributed by atoms with Gasteiger partial charge in [0.2, 0.25) is 0 Å². The maximum Gasteiger partial charge on any atom is 0.327 e. The van der Waals surface area contributed by atoms with Gasteiger partial charge < -0.3 is 0 Å². The van der Waals surface area contributed by atoms with Gasteiger partial charge >= 0.3 is 5.69 Å². The molecule has 0 saturated heterocycles. The topological polar surface area (TPSA) is 63.6 Å². The van der Waals surface area contributed by atoms with Gasteiger partial charge in [0.05, 0.1) is 12.1 Å². The zero-order valence-corrected chi connectivity index (χ0v) is 13.8. The number of pyridine rings is 2. The van der Waals surface area contributed by atoms with Gasteiger partial charge in [0, 0.05) is 24.2 Å². The fourth-order valence-corrected chi connectivity index (χ4v) is 2.86. The number of aryl methyl sites for hydroxylation is 1. The molecule has 0 bridgehead atoms. The Hall–Kier alpha value is -3.35. The number of nitrogens with one attached hydrogen (secondary N) is 1. The summed E-state index contributed by atoms with van der Waals surface area (Å²) in [6.45, 7) is 2.28. The van der Waals surface area contributed by atoms with Crippen molar-refractivity contribution >= 4 is 11.2 Å². The SMILES string of the molecule is Cc1ccncc1Cn1c(=O)[nH]c2ncc(-c3ccc(F)c(F)c3)cc21. The van der Waals surface area contributed by atoms with E-state index in [4.69, 9.17) is 0 Å². The molecule has 26 heavy (non-hydrogen) atoms. The van der Waals surface area contributed by atoms with E-state index < -0.39 is 11.6 Å². The summed E-state index contributed by atoms with van der Waals surface area (Å²) in [6.07, 6.45) is 4.93. The Morgan fingerprint density at radius 3 is 2.69 bits per heavy atom. The van der Waals surface area contributed by atoms with Crippen molar-refractivity contribution in [2.75, 3.05) is 0 Å². The summed E-state index contributed by atoms with van der Waals surface area (Å²) in [6, 6.07) is 7.26. The number of hydrogen-bond acceptors (Lipinski definition) is 3. The van der Waals surface area contributed by atoms with Crippen LogP contribution in [0.5, 0.6) is 0 Å². The lowest BCUT2D eigenvalue weighted by molar-refractivity contribution is 0.509. The highest BCUT2D eigenvalue weighted by atomic mass is 19.2. The molecule has 0 unspecified atom stereocenters. The van der Waals surface area contributed by atoms with Gasteiger partial charge in [0.15, 0.2) is 17.3 Å². The van der Waals surface area contributed by atoms with Gasteiger partial charge in [0.25, 0.3) is 0 Å². The summed E-state index contributed by atoms with van der Waals surface area (Å²) in [7, 11) is 0. The molecule has 0 atom stereocenters. The number of aromatic amines is 1. The first-order valence-corrected chi connectivity index (χ1v) is 7.96. The first-order chi connectivity index (χ1) is 12.5. The molecule has 0 spiro atoms. The van der Waals surface area contributed by atoms with Crippen molar-refractivity contribution in [2.45, 2.75) is 13.5 Å². The van der Waals surface area contributed by atoms with Crippen LogP contribution in [0.1, 0.15) is 11.1 Å². The Morgan fingerprint density at radius 2 is 1.92 bits per heavy atom. The zero-order chi connectivity index (χ0) is 18.3. The van der Waals surface area contributed by atoms with E-state index in [-0.39, 0.29) is 5.69 Å². The molecule has 5 nitrogen and oxygen atoms in total. The minimum Gasteiger partial charge on any atom is -0.290 e. The van der Waals surface area contributed by atoms with Crippen molar-refractivity contribution < 1.29 is 8.78 Å². The second-order valence-corrected chi connectivity index (χ2v) is 6.04. The largest absolute Gasteiger partial charge is 0.327 e. The molecule has 3 aromatic heterocycles. The third-order valence-corrected chi connectivity index (χ3v) is 4.36. The van der Waals surface area contributed by atoms with E-state index in [0.717, 1.165) is 23.3 Å². The van der Waals surface area contributed by atoms with Crippen LogP contribution in [0, 0.1) is 18.6 Å². The molecular formula is C19H14F2N4O. The Morgan fingerprint density at radius 1 is 1.08 bits per heavy atom. The van der Waals surface area contributed by atoms with E-state index in [2.05, 4.69) is 15.0 Å². The first kappa shape index (κ1) is 16.1. The van der Waals surface area contributed by atoms with Crippen molar-refractivity contribution in [3.8, 4) is 11.1 Å². The lowest BCUT2D eigenvalue weighted by Gasteiger charge is -2.07. The number of H-pyrrole nitrogens is 1. The van der Waals surface area contributed by atoms with Crippen LogP contribution in [0.15, 0.2) is 53.7 Å². The summed E-state index contributed by atoms with van der Waals surface area (Å²) in [5.41, 5.74) is 3.73. The molecule has 0 fully saturated rings. The number of aromatic nitrogens is 4. The molecule has 4 aromatic rings. The minimum absolute atomic E-state index is 0.293. The van der Waals surface area contributed by atoms with E-state index >= 15 is 0 Å². The summed E-state index contributed by atoms with van der Waals surface area (Å²) < 4.78 is 28.2. The third kappa shape index (κ3) is 2.77. The molecule has 0 amide bonds. The lowest BCUT2D eigenvalue weighted by atomic mass is 10.1. The quantitative estimate of drug-likeness (QED) is 0.614. The minimum atomic E-state index is -0.931. The van der Waals surface area contributed by atoms with E-state index in [9.17, 15) is 13.6 Å². The normalized spacial score (nSPS) is 11.2. The van der Waals surface area contributed by atoms with Gasteiger partial charge in [-0.2, -0.15) is 0 Å². The van der Waals surface area contributed by atoms with Gasteiger partial charge in [-0.1, -0.05) is 6.07 Å². The average molecular weight is 352 g/mol. The average Bonchev–Trinajstić information content (AvgIpc) is 2.94. The molecule has 0 radical (unpaired) electrons. The number of nitrogens with zero attached hydrogens (tertiary/aromatic N) is 3. The highest BCUT2D eigenvalue weighted by molar-refractivity contribution is 5.78. The van der Waals surface area contributed by atoms with Crippen molar-refractivity contribution in [2.24, 2.45) is 0 Å². The molecule has 1 aromatic carbocycles. The van der Waals surface area contributed by atoms with Crippen molar-refractivity contribution in [1.29, 1.82) is 0 Å². The molecular weight excluding hydrogens is 338 g/mol. The zero-order valence-electron chi connectivity index (χ0n) is 13.8. The van der Waals surface area contributed by atoms with E-state index in [0.29, 0.717) is 28.8 Å². The summed E-state index contributed by atoms with van der Waals surface area (Å²) in [4.78, 5) is 23.4. The highest BCUT2D eigenvalue weighted by Crippen LogP contribution is 2.24. The maximum absolute atomic E-state index is 13.5. The van der Waals surface area contributed by atoms with Crippen LogP contribution in [0.4, 0.5) is 8.78 Å². The lowest BCUT2D eigenvalue weighted by Crippen LogP contribution is -2.17. The third-order valence-electron chi connectivity index (χ3n) is 4.36. The molecule has 0 saturated carbocycles. The van der Waals surface area contributed by atoms with Gasteiger partial charge in [-0.3, -0.25) is 14.5 Å². The number of halogens is 2. The molecule has 0 aliphatic carbocycles. The van der Waals surface area contributed by atoms with Crippen LogP contribution in [0.25, 0.3) is 22.3 Å². The first-order valence-electron chi connectivity index (χ1n) is 7.96. The number of rotatable bonds is 3. The fourth-order valence-electron chi connectivity index (χ4n) is 2.86. The highest BCUT2D eigenvalue weighted by Gasteiger charge is 2.12. The predicted octanol–water partition coefficient (Wildman–Crippen LogP) is 3.42. The van der Waals surface area contributed by atoms with Gasteiger partial charge in [-0.05, 0) is 47.9 Å². The molecule has 3 heterocycles. The predicted molar refractivity (Wildman–Crippen MR) is 93.8 cm³/mol. The van der Waals surface area contributed by atoms with Crippen LogP contribution in [-0.2, 0) is 6.54 Å². The molecule has 7 heteroatoms. The van der Waals surface area contributed by atoms with Crippen molar-refractivity contribution in [3.63, 3.8) is 0 Å². The fraction of sp³-hybridized carbons (Fsp3) is 0.105.